The Balaban J connectivity index is 1.34. The number of phenols is 1. The molecule has 5 rings (SSSR count). The molecule has 2 atom stereocenters. The van der Waals surface area contributed by atoms with E-state index >= 15 is 0 Å². The predicted molar refractivity (Wildman–Crippen MR) is 141 cm³/mol. The normalized spacial score (nSPS) is 26.9. The number of hydrogen-bond acceptors (Lipinski definition) is 6. The Hall–Kier alpha value is -3.10. The fraction of sp³-hybridized carbons (Fsp3) is 0.655. The SMILES string of the molecule is COC(=O)C(Cc1ccc(O)cc1)NC(=O)C(CC(C)C)NC(=O)CNC(=O)C12CC3CC(CC(C3)C1)C2. The van der Waals surface area contributed by atoms with Gasteiger partial charge in [0, 0.05) is 11.8 Å². The Kier molecular flexibility index (Phi) is 8.63. The van der Waals surface area contributed by atoms with E-state index in [-0.39, 0.29) is 36.0 Å². The number of hydrogen-bond donors (Lipinski definition) is 4. The molecule has 0 heterocycles. The number of nitrogens with one attached hydrogen (secondary N) is 3. The van der Waals surface area contributed by atoms with Crippen molar-refractivity contribution >= 4 is 23.7 Å². The minimum Gasteiger partial charge on any atom is -0.508 e. The van der Waals surface area contributed by atoms with E-state index in [9.17, 15) is 24.3 Å². The third-order valence-electron chi connectivity index (χ3n) is 8.47. The Bertz CT molecular complexity index is 1000. The lowest BCUT2D eigenvalue weighted by molar-refractivity contribution is -0.147. The molecular weight excluding hydrogens is 486 g/mol. The first kappa shape index (κ1) is 27.9. The zero-order chi connectivity index (χ0) is 27.4. The molecule has 4 aliphatic rings. The summed E-state index contributed by atoms with van der Waals surface area (Å²) in [5.41, 5.74) is 0.390. The van der Waals surface area contributed by atoms with Gasteiger partial charge in [0.1, 0.15) is 17.8 Å². The van der Waals surface area contributed by atoms with Crippen LogP contribution >= 0.6 is 0 Å². The Morgan fingerprint density at radius 2 is 1.53 bits per heavy atom. The van der Waals surface area contributed by atoms with E-state index in [0.717, 1.165) is 24.8 Å². The lowest BCUT2D eigenvalue weighted by Gasteiger charge is -2.55. The van der Waals surface area contributed by atoms with Crippen molar-refractivity contribution in [3.63, 3.8) is 0 Å². The monoisotopic (exact) mass is 527 g/mol. The van der Waals surface area contributed by atoms with E-state index in [1.54, 1.807) is 12.1 Å². The average Bonchev–Trinajstić information content (AvgIpc) is 2.86. The smallest absolute Gasteiger partial charge is 0.328 e. The average molecular weight is 528 g/mol. The molecule has 4 aliphatic carbocycles. The van der Waals surface area contributed by atoms with Gasteiger partial charge in [-0.1, -0.05) is 26.0 Å². The van der Waals surface area contributed by atoms with Gasteiger partial charge in [-0.05, 0) is 86.3 Å². The molecule has 9 nitrogen and oxygen atoms in total. The fourth-order valence-electron chi connectivity index (χ4n) is 7.16. The highest BCUT2D eigenvalue weighted by atomic mass is 16.5. The summed E-state index contributed by atoms with van der Waals surface area (Å²) in [4.78, 5) is 51.7. The van der Waals surface area contributed by atoms with Gasteiger partial charge in [0.05, 0.1) is 13.7 Å². The van der Waals surface area contributed by atoms with E-state index in [1.807, 2.05) is 13.8 Å². The van der Waals surface area contributed by atoms with Crippen LogP contribution < -0.4 is 16.0 Å². The number of ether oxygens (including phenoxy) is 1. The van der Waals surface area contributed by atoms with Crippen LogP contribution in [-0.4, -0.2) is 54.5 Å². The topological polar surface area (TPSA) is 134 Å². The summed E-state index contributed by atoms with van der Waals surface area (Å²) in [6, 6.07) is 4.51. The van der Waals surface area contributed by atoms with Gasteiger partial charge in [-0.25, -0.2) is 4.79 Å². The summed E-state index contributed by atoms with van der Waals surface area (Å²) >= 11 is 0. The lowest BCUT2D eigenvalue weighted by atomic mass is 9.49. The van der Waals surface area contributed by atoms with Crippen LogP contribution in [0.2, 0.25) is 0 Å². The Morgan fingerprint density at radius 1 is 0.947 bits per heavy atom. The molecule has 0 aliphatic heterocycles. The highest BCUT2D eigenvalue weighted by Gasteiger charge is 2.54. The van der Waals surface area contributed by atoms with E-state index in [0.29, 0.717) is 24.2 Å². The summed E-state index contributed by atoms with van der Waals surface area (Å²) < 4.78 is 4.88. The largest absolute Gasteiger partial charge is 0.508 e. The zero-order valence-corrected chi connectivity index (χ0v) is 22.6. The minimum atomic E-state index is -0.959. The maximum absolute atomic E-state index is 13.2. The van der Waals surface area contributed by atoms with Gasteiger partial charge >= 0.3 is 5.97 Å². The maximum Gasteiger partial charge on any atom is 0.328 e. The maximum atomic E-state index is 13.2. The van der Waals surface area contributed by atoms with Gasteiger partial charge in [-0.15, -0.1) is 0 Å². The van der Waals surface area contributed by atoms with Gasteiger partial charge in [-0.3, -0.25) is 14.4 Å². The van der Waals surface area contributed by atoms with Crippen molar-refractivity contribution in [2.24, 2.45) is 29.1 Å². The van der Waals surface area contributed by atoms with Crippen molar-refractivity contribution in [2.75, 3.05) is 13.7 Å². The van der Waals surface area contributed by atoms with E-state index in [2.05, 4.69) is 16.0 Å². The summed E-state index contributed by atoms with van der Waals surface area (Å²) in [5, 5.41) is 17.9. The molecule has 2 unspecified atom stereocenters. The van der Waals surface area contributed by atoms with Gasteiger partial charge in [0.2, 0.25) is 17.7 Å². The Labute approximate surface area is 224 Å². The highest BCUT2D eigenvalue weighted by Crippen LogP contribution is 2.60. The number of rotatable bonds is 11. The summed E-state index contributed by atoms with van der Waals surface area (Å²) in [5.74, 6) is 0.521. The summed E-state index contributed by atoms with van der Waals surface area (Å²) in [6.07, 6.45) is 6.99. The molecular formula is C29H41N3O6. The molecule has 4 saturated carbocycles. The summed E-state index contributed by atoms with van der Waals surface area (Å²) in [7, 11) is 1.25. The van der Waals surface area contributed by atoms with Crippen LogP contribution in [0, 0.1) is 29.1 Å². The number of benzene rings is 1. The second-order valence-corrected chi connectivity index (χ2v) is 12.1. The number of phenolic OH excluding ortho intramolecular Hbond substituents is 1. The van der Waals surface area contributed by atoms with Crippen LogP contribution in [0.15, 0.2) is 24.3 Å². The van der Waals surface area contributed by atoms with Crippen molar-refractivity contribution < 1.29 is 29.0 Å². The molecule has 208 valence electrons. The quantitative estimate of drug-likeness (QED) is 0.327. The van der Waals surface area contributed by atoms with E-state index in [1.165, 1.54) is 38.5 Å². The van der Waals surface area contributed by atoms with Crippen molar-refractivity contribution in [3.8, 4) is 5.75 Å². The van der Waals surface area contributed by atoms with Crippen LogP contribution in [-0.2, 0) is 30.3 Å². The van der Waals surface area contributed by atoms with Crippen LogP contribution in [0.25, 0.3) is 0 Å². The first-order chi connectivity index (χ1) is 18.1. The lowest BCUT2D eigenvalue weighted by Crippen LogP contribution is -2.56. The number of esters is 1. The van der Waals surface area contributed by atoms with Crippen LogP contribution in [0.4, 0.5) is 0 Å². The van der Waals surface area contributed by atoms with Crippen molar-refractivity contribution in [3.05, 3.63) is 29.8 Å². The van der Waals surface area contributed by atoms with Gasteiger partial charge in [0.25, 0.3) is 0 Å². The number of aromatic hydroxyl groups is 1. The summed E-state index contributed by atoms with van der Waals surface area (Å²) in [6.45, 7) is 3.70. The number of amides is 3. The van der Waals surface area contributed by atoms with Gasteiger partial charge in [0.15, 0.2) is 0 Å². The van der Waals surface area contributed by atoms with Crippen molar-refractivity contribution in [2.45, 2.75) is 77.3 Å². The molecule has 3 amide bonds. The predicted octanol–water partition coefficient (Wildman–Crippen LogP) is 2.46. The fourth-order valence-corrected chi connectivity index (χ4v) is 7.16. The molecule has 4 N–H and O–H groups in total. The van der Waals surface area contributed by atoms with E-state index in [4.69, 9.17) is 4.74 Å². The molecule has 0 radical (unpaired) electrons. The molecule has 0 saturated heterocycles. The van der Waals surface area contributed by atoms with Crippen LogP contribution in [0.5, 0.6) is 5.75 Å². The van der Waals surface area contributed by atoms with Crippen molar-refractivity contribution in [1.29, 1.82) is 0 Å². The van der Waals surface area contributed by atoms with Crippen LogP contribution in [0.1, 0.15) is 64.4 Å². The third-order valence-corrected chi connectivity index (χ3v) is 8.47. The second-order valence-electron chi connectivity index (χ2n) is 12.1. The molecule has 9 heteroatoms. The molecule has 38 heavy (non-hydrogen) atoms. The van der Waals surface area contributed by atoms with Crippen LogP contribution in [0.3, 0.4) is 0 Å². The molecule has 0 aromatic heterocycles. The highest BCUT2D eigenvalue weighted by molar-refractivity contribution is 5.93. The molecule has 4 fully saturated rings. The molecule has 1 aromatic carbocycles. The van der Waals surface area contributed by atoms with Gasteiger partial charge < -0.3 is 25.8 Å². The number of methoxy groups -OCH3 is 1. The third kappa shape index (κ3) is 6.66. The molecule has 0 spiro atoms. The van der Waals surface area contributed by atoms with Crippen molar-refractivity contribution in [1.82, 2.24) is 16.0 Å². The first-order valence-corrected chi connectivity index (χ1v) is 13.8. The molecule has 1 aromatic rings. The van der Waals surface area contributed by atoms with E-state index < -0.39 is 29.9 Å². The Morgan fingerprint density at radius 3 is 2.05 bits per heavy atom. The molecule has 4 bridgehead atoms. The number of carbonyl (C=O) groups is 4. The second kappa shape index (κ2) is 11.7. The standard InChI is InChI=1S/C29H41N3O6/c1-17(2)8-23(26(35)32-24(27(36)38-3)12-18-4-6-22(33)7-5-18)31-25(34)16-30-28(37)29-13-19-9-20(14-29)11-21(10-19)15-29/h4-7,17,19-21,23-24,33H,8-16H2,1-3H3,(H,30,37)(H,31,34)(H,32,35). The van der Waals surface area contributed by atoms with Gasteiger partial charge in [-0.2, -0.15) is 0 Å². The first-order valence-electron chi connectivity index (χ1n) is 13.8. The minimum absolute atomic E-state index is 0.0312. The number of carbonyl (C=O) groups excluding carboxylic acids is 4. The zero-order valence-electron chi connectivity index (χ0n) is 22.6.